The lowest BCUT2D eigenvalue weighted by atomic mass is 10.1. The first-order valence-electron chi connectivity index (χ1n) is 8.18. The highest BCUT2D eigenvalue weighted by atomic mass is 16.5. The number of amides is 1. The molecule has 0 unspecified atom stereocenters. The summed E-state index contributed by atoms with van der Waals surface area (Å²) in [7, 11) is 1.59. The highest BCUT2D eigenvalue weighted by Crippen LogP contribution is 2.21. The lowest BCUT2D eigenvalue weighted by molar-refractivity contribution is -0.119. The first-order valence-corrected chi connectivity index (χ1v) is 8.18. The molecule has 1 amide bonds. The summed E-state index contributed by atoms with van der Waals surface area (Å²) < 4.78 is 10.2. The van der Waals surface area contributed by atoms with Crippen LogP contribution in [-0.4, -0.2) is 25.6 Å². The Kier molecular flexibility index (Phi) is 6.71. The molecule has 2 rings (SSSR count). The minimum absolute atomic E-state index is 0.329. The molecule has 0 aliphatic heterocycles. The minimum Gasteiger partial charge on any atom is -0.452 e. The minimum atomic E-state index is -0.534. The molecule has 0 atom stereocenters. The van der Waals surface area contributed by atoms with Gasteiger partial charge in [0.15, 0.2) is 6.61 Å². The number of carbonyl (C=O) groups is 2. The van der Waals surface area contributed by atoms with Gasteiger partial charge in [-0.1, -0.05) is 37.3 Å². The number of anilines is 1. The van der Waals surface area contributed by atoms with Gasteiger partial charge in [0.05, 0.1) is 12.2 Å². The van der Waals surface area contributed by atoms with Crippen molar-refractivity contribution in [1.82, 2.24) is 0 Å². The van der Waals surface area contributed by atoms with Gasteiger partial charge in [0, 0.05) is 12.8 Å². The average Bonchev–Trinajstić information content (AvgIpc) is 2.62. The number of hydrogen-bond donors (Lipinski definition) is 1. The Morgan fingerprint density at radius 3 is 2.60 bits per heavy atom. The van der Waals surface area contributed by atoms with Crippen molar-refractivity contribution < 1.29 is 19.1 Å². The number of nitrogens with one attached hydrogen (secondary N) is 1. The maximum Gasteiger partial charge on any atom is 0.338 e. The number of carbonyl (C=O) groups excluding carboxylic acids is 2. The molecule has 25 heavy (non-hydrogen) atoms. The van der Waals surface area contributed by atoms with Crippen LogP contribution in [0, 0.1) is 6.92 Å². The van der Waals surface area contributed by atoms with E-state index in [0.717, 1.165) is 28.8 Å². The molecule has 5 nitrogen and oxygen atoms in total. The molecule has 0 aliphatic rings. The molecule has 2 aromatic carbocycles. The summed E-state index contributed by atoms with van der Waals surface area (Å²) in [4.78, 5) is 24.2. The summed E-state index contributed by atoms with van der Waals surface area (Å²) in [5.74, 6) is -0.890. The third kappa shape index (κ3) is 5.16. The zero-order valence-electron chi connectivity index (χ0n) is 14.8. The largest absolute Gasteiger partial charge is 0.452 e. The van der Waals surface area contributed by atoms with Gasteiger partial charge in [-0.2, -0.15) is 0 Å². The molecule has 0 aromatic heterocycles. The molecule has 0 radical (unpaired) electrons. The fourth-order valence-corrected chi connectivity index (χ4v) is 2.55. The normalized spacial score (nSPS) is 10.4. The molecule has 0 bridgehead atoms. The number of benzene rings is 2. The Morgan fingerprint density at radius 2 is 1.88 bits per heavy atom. The van der Waals surface area contributed by atoms with Crippen molar-refractivity contribution in [3.8, 4) is 0 Å². The Labute approximate surface area is 148 Å². The van der Waals surface area contributed by atoms with Crippen LogP contribution in [0.5, 0.6) is 0 Å². The molecule has 0 aliphatic carbocycles. The van der Waals surface area contributed by atoms with Crippen molar-refractivity contribution in [2.75, 3.05) is 19.0 Å². The molecule has 132 valence electrons. The van der Waals surface area contributed by atoms with E-state index in [4.69, 9.17) is 9.47 Å². The molecule has 0 fully saturated rings. The van der Waals surface area contributed by atoms with Crippen molar-refractivity contribution in [3.05, 3.63) is 64.7 Å². The second-order valence-corrected chi connectivity index (χ2v) is 5.72. The zero-order chi connectivity index (χ0) is 18.2. The molecular weight excluding hydrogens is 318 g/mol. The van der Waals surface area contributed by atoms with Crippen LogP contribution in [0.25, 0.3) is 0 Å². The molecule has 0 spiro atoms. The van der Waals surface area contributed by atoms with Gasteiger partial charge in [-0.25, -0.2) is 4.79 Å². The van der Waals surface area contributed by atoms with Crippen molar-refractivity contribution in [1.29, 1.82) is 0 Å². The van der Waals surface area contributed by atoms with E-state index in [9.17, 15) is 9.59 Å². The van der Waals surface area contributed by atoms with E-state index in [1.165, 1.54) is 0 Å². The van der Waals surface area contributed by atoms with Crippen molar-refractivity contribution >= 4 is 17.6 Å². The second kappa shape index (κ2) is 8.99. The molecule has 5 heteroatoms. The Morgan fingerprint density at radius 1 is 1.12 bits per heavy atom. The van der Waals surface area contributed by atoms with E-state index in [-0.39, 0.29) is 12.5 Å². The topological polar surface area (TPSA) is 64.6 Å². The monoisotopic (exact) mass is 341 g/mol. The quantitative estimate of drug-likeness (QED) is 0.783. The predicted molar refractivity (Wildman–Crippen MR) is 96.6 cm³/mol. The van der Waals surface area contributed by atoms with Gasteiger partial charge in [0.25, 0.3) is 5.91 Å². The summed E-state index contributed by atoms with van der Waals surface area (Å²) in [6.07, 6.45) is 0.809. The summed E-state index contributed by atoms with van der Waals surface area (Å²) in [6, 6.07) is 12.8. The van der Waals surface area contributed by atoms with Crippen LogP contribution in [0.15, 0.2) is 42.5 Å². The molecule has 2 aromatic rings. The van der Waals surface area contributed by atoms with Crippen molar-refractivity contribution in [3.63, 3.8) is 0 Å². The summed E-state index contributed by atoms with van der Waals surface area (Å²) in [5, 5.41) is 2.83. The smallest absolute Gasteiger partial charge is 0.338 e. The first kappa shape index (κ1) is 18.7. The summed E-state index contributed by atoms with van der Waals surface area (Å²) >= 11 is 0. The third-order valence-electron chi connectivity index (χ3n) is 3.81. The molecule has 0 saturated heterocycles. The van der Waals surface area contributed by atoms with E-state index in [2.05, 4.69) is 5.32 Å². The lowest BCUT2D eigenvalue weighted by Gasteiger charge is -2.13. The fourth-order valence-electron chi connectivity index (χ4n) is 2.55. The van der Waals surface area contributed by atoms with Crippen molar-refractivity contribution in [2.24, 2.45) is 0 Å². The van der Waals surface area contributed by atoms with Gasteiger partial charge in [-0.3, -0.25) is 4.79 Å². The number of aryl methyl sites for hydroxylation is 2. The van der Waals surface area contributed by atoms with Gasteiger partial charge in [0.2, 0.25) is 0 Å². The summed E-state index contributed by atoms with van der Waals surface area (Å²) in [5.41, 5.74) is 4.08. The van der Waals surface area contributed by atoms with E-state index in [1.807, 2.05) is 38.1 Å². The van der Waals surface area contributed by atoms with Gasteiger partial charge in [0.1, 0.15) is 0 Å². The number of hydrogen-bond acceptors (Lipinski definition) is 4. The number of para-hydroxylation sites is 1. The number of ether oxygens (including phenoxy) is 2. The Balaban J connectivity index is 1.96. The van der Waals surface area contributed by atoms with Gasteiger partial charge in [-0.15, -0.1) is 0 Å². The van der Waals surface area contributed by atoms with Crippen LogP contribution >= 0.6 is 0 Å². The van der Waals surface area contributed by atoms with Crippen LogP contribution in [-0.2, 0) is 27.3 Å². The Hall–Kier alpha value is -2.66. The van der Waals surface area contributed by atoms with E-state index >= 15 is 0 Å². The molecule has 0 heterocycles. The number of methoxy groups -OCH3 is 1. The van der Waals surface area contributed by atoms with Crippen LogP contribution in [0.3, 0.4) is 0 Å². The fraction of sp³-hybridized carbons (Fsp3) is 0.300. The van der Waals surface area contributed by atoms with Crippen LogP contribution in [0.4, 0.5) is 5.69 Å². The van der Waals surface area contributed by atoms with Crippen LogP contribution < -0.4 is 5.32 Å². The highest BCUT2D eigenvalue weighted by Gasteiger charge is 2.13. The van der Waals surface area contributed by atoms with Crippen molar-refractivity contribution in [2.45, 2.75) is 26.9 Å². The standard InChI is InChI=1S/C20H23NO4/c1-4-16-9-5-7-14(2)19(16)21-18(22)13-25-20(23)17-10-6-8-15(11-17)12-24-3/h5-11H,4,12-13H2,1-3H3,(H,21,22). The highest BCUT2D eigenvalue weighted by molar-refractivity contribution is 5.96. The maximum absolute atomic E-state index is 12.1. The van der Waals surface area contributed by atoms with Gasteiger partial charge < -0.3 is 14.8 Å². The average molecular weight is 341 g/mol. The third-order valence-corrected chi connectivity index (χ3v) is 3.81. The molecule has 1 N–H and O–H groups in total. The van der Waals surface area contributed by atoms with E-state index in [0.29, 0.717) is 12.2 Å². The van der Waals surface area contributed by atoms with Crippen LogP contribution in [0.2, 0.25) is 0 Å². The summed E-state index contributed by atoms with van der Waals surface area (Å²) in [6.45, 7) is 4.04. The van der Waals surface area contributed by atoms with E-state index in [1.54, 1.807) is 25.3 Å². The van der Waals surface area contributed by atoms with Crippen LogP contribution in [0.1, 0.15) is 34.0 Å². The second-order valence-electron chi connectivity index (χ2n) is 5.72. The van der Waals surface area contributed by atoms with E-state index < -0.39 is 5.97 Å². The number of esters is 1. The predicted octanol–water partition coefficient (Wildman–Crippen LogP) is 3.50. The zero-order valence-corrected chi connectivity index (χ0v) is 14.8. The Bertz CT molecular complexity index is 755. The molecular formula is C20H23NO4. The van der Waals surface area contributed by atoms with Gasteiger partial charge >= 0.3 is 5.97 Å². The SMILES string of the molecule is CCc1cccc(C)c1NC(=O)COC(=O)c1cccc(COC)c1. The first-order chi connectivity index (χ1) is 12.0. The molecule has 0 saturated carbocycles. The van der Waals surface area contributed by atoms with Gasteiger partial charge in [-0.05, 0) is 42.2 Å². The maximum atomic E-state index is 12.1. The lowest BCUT2D eigenvalue weighted by Crippen LogP contribution is -2.22. The number of rotatable bonds is 7.